The Morgan fingerprint density at radius 1 is 0.667 bits per heavy atom. The summed E-state index contributed by atoms with van der Waals surface area (Å²) < 4.78 is 2.09. The van der Waals surface area contributed by atoms with Gasteiger partial charge in [0.25, 0.3) is 11.8 Å². The molecule has 4 rings (SSSR count). The summed E-state index contributed by atoms with van der Waals surface area (Å²) in [4.78, 5) is 26.3. The molecule has 0 atom stereocenters. The van der Waals surface area contributed by atoms with E-state index in [1.807, 2.05) is 38.1 Å². The van der Waals surface area contributed by atoms with Crippen LogP contribution in [0.4, 0.5) is 0 Å². The van der Waals surface area contributed by atoms with Crippen LogP contribution >= 0.6 is 45.9 Å². The Labute approximate surface area is 230 Å². The molecule has 0 unspecified atom stereocenters. The van der Waals surface area contributed by atoms with Crippen molar-refractivity contribution in [1.29, 1.82) is 0 Å². The van der Waals surface area contributed by atoms with E-state index >= 15 is 0 Å². The number of hydrogen-bond donors (Lipinski definition) is 2. The Bertz CT molecular complexity index is 1290. The standard InChI is InChI=1S/C28H30Cl2N2O2S2/c1-17-9-11-19-21(15-17)35-25(23(19)29)27(33)31-13-7-5-3-4-6-8-14-32-28(34)26-24(30)20-12-10-18(2)16-22(20)36-26/h9-12,15-16H,3-8,13-14H2,1-2H3,(H,31,33)(H,32,34). The highest BCUT2D eigenvalue weighted by Crippen LogP contribution is 2.36. The normalized spacial score (nSPS) is 11.3. The molecule has 0 aliphatic carbocycles. The van der Waals surface area contributed by atoms with Crippen molar-refractivity contribution in [2.24, 2.45) is 0 Å². The molecule has 0 saturated heterocycles. The molecule has 2 aromatic carbocycles. The van der Waals surface area contributed by atoms with Gasteiger partial charge in [-0.2, -0.15) is 0 Å². The van der Waals surface area contributed by atoms with Gasteiger partial charge in [-0.15, -0.1) is 22.7 Å². The van der Waals surface area contributed by atoms with E-state index in [1.165, 1.54) is 22.7 Å². The third kappa shape index (κ3) is 6.41. The molecular formula is C28H30Cl2N2O2S2. The van der Waals surface area contributed by atoms with E-state index in [0.29, 0.717) is 32.9 Å². The summed E-state index contributed by atoms with van der Waals surface area (Å²) in [5.74, 6) is -0.188. The van der Waals surface area contributed by atoms with Crippen LogP contribution in [0.25, 0.3) is 20.2 Å². The summed E-state index contributed by atoms with van der Waals surface area (Å²) in [5, 5.41) is 8.97. The third-order valence-electron chi connectivity index (χ3n) is 6.16. The van der Waals surface area contributed by atoms with E-state index in [2.05, 4.69) is 22.8 Å². The molecule has 2 N–H and O–H groups in total. The minimum absolute atomic E-state index is 0.0940. The minimum Gasteiger partial charge on any atom is -0.351 e. The van der Waals surface area contributed by atoms with Gasteiger partial charge in [0.1, 0.15) is 9.75 Å². The Morgan fingerprint density at radius 2 is 1.06 bits per heavy atom. The average molecular weight is 562 g/mol. The highest BCUT2D eigenvalue weighted by Gasteiger charge is 2.18. The second-order valence-corrected chi connectivity index (χ2v) is 12.0. The molecule has 36 heavy (non-hydrogen) atoms. The van der Waals surface area contributed by atoms with Crippen LogP contribution in [0.2, 0.25) is 10.0 Å². The number of thiophene rings is 2. The van der Waals surface area contributed by atoms with Gasteiger partial charge >= 0.3 is 0 Å². The average Bonchev–Trinajstić information content (AvgIpc) is 3.35. The lowest BCUT2D eigenvalue weighted by Crippen LogP contribution is -2.24. The molecule has 2 aromatic heterocycles. The maximum atomic E-state index is 12.5. The largest absolute Gasteiger partial charge is 0.351 e. The van der Waals surface area contributed by atoms with Crippen molar-refractivity contribution in [2.75, 3.05) is 13.1 Å². The van der Waals surface area contributed by atoms with E-state index in [1.54, 1.807) is 0 Å². The Balaban J connectivity index is 1.08. The van der Waals surface area contributed by atoms with Crippen LogP contribution < -0.4 is 10.6 Å². The number of unbranched alkanes of at least 4 members (excludes halogenated alkanes) is 5. The van der Waals surface area contributed by atoms with Crippen LogP contribution in [-0.2, 0) is 0 Å². The zero-order valence-corrected chi connectivity index (χ0v) is 23.7. The number of fused-ring (bicyclic) bond motifs is 2. The molecule has 2 heterocycles. The topological polar surface area (TPSA) is 58.2 Å². The molecule has 190 valence electrons. The lowest BCUT2D eigenvalue weighted by Gasteiger charge is -2.06. The maximum Gasteiger partial charge on any atom is 0.262 e. The summed E-state index contributed by atoms with van der Waals surface area (Å²) in [7, 11) is 0. The van der Waals surface area contributed by atoms with Gasteiger partial charge in [-0.1, -0.05) is 73.2 Å². The van der Waals surface area contributed by atoms with Crippen LogP contribution in [0.3, 0.4) is 0 Å². The second kappa shape index (κ2) is 12.4. The first kappa shape index (κ1) is 26.9. The number of hydrogen-bond acceptors (Lipinski definition) is 4. The van der Waals surface area contributed by atoms with Crippen molar-refractivity contribution >= 4 is 77.9 Å². The molecule has 4 aromatic rings. The SMILES string of the molecule is Cc1ccc2c(Cl)c(C(=O)NCCCCCCCCNC(=O)c3sc4cc(C)ccc4c3Cl)sc2c1. The van der Waals surface area contributed by atoms with Crippen molar-refractivity contribution in [1.82, 2.24) is 10.6 Å². The fourth-order valence-corrected chi connectivity index (χ4v) is 7.22. The van der Waals surface area contributed by atoms with Gasteiger partial charge in [-0.05, 0) is 49.9 Å². The molecule has 0 radical (unpaired) electrons. The highest BCUT2D eigenvalue weighted by atomic mass is 35.5. The van der Waals surface area contributed by atoms with E-state index < -0.39 is 0 Å². The summed E-state index contributed by atoms with van der Waals surface area (Å²) in [6.45, 7) is 5.36. The number of carbonyl (C=O) groups excluding carboxylic acids is 2. The summed E-state index contributed by atoms with van der Waals surface area (Å²) in [6.07, 6.45) is 6.20. The molecule has 2 amide bonds. The Hall–Kier alpha value is -2.12. The van der Waals surface area contributed by atoms with Gasteiger partial charge in [0.15, 0.2) is 0 Å². The summed E-state index contributed by atoms with van der Waals surface area (Å²) in [6, 6.07) is 12.1. The maximum absolute atomic E-state index is 12.5. The fourth-order valence-electron chi connectivity index (χ4n) is 4.16. The van der Waals surface area contributed by atoms with Gasteiger partial charge in [0.2, 0.25) is 0 Å². The predicted molar refractivity (Wildman–Crippen MR) is 156 cm³/mol. The minimum atomic E-state index is -0.0940. The van der Waals surface area contributed by atoms with Crippen molar-refractivity contribution < 1.29 is 9.59 Å². The number of benzene rings is 2. The first-order valence-electron chi connectivity index (χ1n) is 12.3. The fraction of sp³-hybridized carbons (Fsp3) is 0.357. The van der Waals surface area contributed by atoms with Crippen LogP contribution in [0.5, 0.6) is 0 Å². The zero-order valence-electron chi connectivity index (χ0n) is 20.5. The van der Waals surface area contributed by atoms with Crippen LogP contribution in [0, 0.1) is 13.8 Å². The Kier molecular flexibility index (Phi) is 9.29. The van der Waals surface area contributed by atoms with Gasteiger partial charge < -0.3 is 10.6 Å². The number of rotatable bonds is 11. The van der Waals surface area contributed by atoms with Crippen LogP contribution in [0.1, 0.15) is 69.0 Å². The third-order valence-corrected chi connectivity index (χ3v) is 9.47. The molecule has 8 heteroatoms. The number of nitrogens with one attached hydrogen (secondary N) is 2. The molecule has 0 fully saturated rings. The molecule has 0 saturated carbocycles. The molecule has 0 spiro atoms. The van der Waals surface area contributed by atoms with Crippen molar-refractivity contribution in [3.8, 4) is 0 Å². The monoisotopic (exact) mass is 560 g/mol. The quantitative estimate of drug-likeness (QED) is 0.180. The van der Waals surface area contributed by atoms with Gasteiger partial charge in [0.05, 0.1) is 10.0 Å². The van der Waals surface area contributed by atoms with Crippen molar-refractivity contribution in [2.45, 2.75) is 52.4 Å². The number of carbonyl (C=O) groups is 2. The predicted octanol–water partition coefficient (Wildman–Crippen LogP) is 8.54. The summed E-state index contributed by atoms with van der Waals surface area (Å²) in [5.41, 5.74) is 2.32. The first-order chi connectivity index (χ1) is 17.3. The molecule has 4 nitrogen and oxygen atoms in total. The van der Waals surface area contributed by atoms with Crippen LogP contribution in [0.15, 0.2) is 36.4 Å². The van der Waals surface area contributed by atoms with Gasteiger partial charge in [-0.25, -0.2) is 0 Å². The second-order valence-electron chi connectivity index (χ2n) is 9.12. The van der Waals surface area contributed by atoms with Crippen LogP contribution in [-0.4, -0.2) is 24.9 Å². The van der Waals surface area contributed by atoms with Gasteiger partial charge in [0, 0.05) is 33.3 Å². The zero-order chi connectivity index (χ0) is 25.7. The smallest absolute Gasteiger partial charge is 0.262 e. The van der Waals surface area contributed by atoms with Crippen molar-refractivity contribution in [3.63, 3.8) is 0 Å². The van der Waals surface area contributed by atoms with E-state index in [4.69, 9.17) is 23.2 Å². The molecule has 0 aliphatic rings. The Morgan fingerprint density at radius 3 is 1.47 bits per heavy atom. The first-order valence-corrected chi connectivity index (χ1v) is 14.7. The number of aryl methyl sites for hydroxylation is 2. The van der Waals surface area contributed by atoms with Crippen molar-refractivity contribution in [3.05, 3.63) is 67.3 Å². The number of amides is 2. The molecule has 0 bridgehead atoms. The highest BCUT2D eigenvalue weighted by molar-refractivity contribution is 7.22. The van der Waals surface area contributed by atoms with Gasteiger partial charge in [-0.3, -0.25) is 9.59 Å². The van der Waals surface area contributed by atoms with E-state index in [-0.39, 0.29) is 11.8 Å². The molecular weight excluding hydrogens is 531 g/mol. The lowest BCUT2D eigenvalue weighted by atomic mass is 10.1. The van der Waals surface area contributed by atoms with E-state index in [9.17, 15) is 9.59 Å². The lowest BCUT2D eigenvalue weighted by molar-refractivity contribution is 0.0948. The van der Waals surface area contributed by atoms with E-state index in [0.717, 1.165) is 69.8 Å². The molecule has 0 aliphatic heterocycles. The number of halogens is 2. The summed E-state index contributed by atoms with van der Waals surface area (Å²) >= 11 is 15.8.